The van der Waals surface area contributed by atoms with Gasteiger partial charge in [-0.2, -0.15) is 5.10 Å². The molecule has 0 fully saturated rings. The third-order valence-corrected chi connectivity index (χ3v) is 4.84. The number of benzene rings is 1. The number of thioether (sulfide) groups is 1. The standard InChI is InChI=1S/C17H17N5O4S/c23-10-8-19-16(25)13-7-12(21-22(13)9-10)15(24)18-5-6-27-17-20-11-3-1-2-4-14(11)26-17/h1-4,7,10,23H,5-6,8-9H2,(H,18,24)(H,19,25)/t10-/m0/s1. The first-order valence-corrected chi connectivity index (χ1v) is 9.39. The van der Waals surface area contributed by atoms with E-state index in [1.165, 1.54) is 22.5 Å². The van der Waals surface area contributed by atoms with Gasteiger partial charge in [-0.3, -0.25) is 14.3 Å². The average molecular weight is 387 g/mol. The van der Waals surface area contributed by atoms with E-state index in [0.29, 0.717) is 17.5 Å². The second-order valence-electron chi connectivity index (χ2n) is 6.01. The zero-order valence-corrected chi connectivity index (χ0v) is 15.0. The molecule has 0 saturated heterocycles. The summed E-state index contributed by atoms with van der Waals surface area (Å²) in [6, 6.07) is 8.93. The molecule has 2 aromatic heterocycles. The first-order chi connectivity index (χ1) is 13.1. The molecule has 1 aromatic carbocycles. The topological polar surface area (TPSA) is 122 Å². The quantitative estimate of drug-likeness (QED) is 0.434. The van der Waals surface area contributed by atoms with Crippen molar-refractivity contribution in [2.75, 3.05) is 18.8 Å². The number of hydrogen-bond acceptors (Lipinski definition) is 7. The minimum atomic E-state index is -0.737. The molecule has 140 valence electrons. The molecule has 3 heterocycles. The third-order valence-electron chi connectivity index (χ3n) is 4.01. The van der Waals surface area contributed by atoms with Crippen LogP contribution in [0.15, 0.2) is 40.0 Å². The van der Waals surface area contributed by atoms with E-state index < -0.39 is 6.10 Å². The number of aromatic nitrogens is 3. The van der Waals surface area contributed by atoms with Crippen LogP contribution in [-0.2, 0) is 6.54 Å². The number of amides is 2. The van der Waals surface area contributed by atoms with E-state index in [-0.39, 0.29) is 36.3 Å². The lowest BCUT2D eigenvalue weighted by Crippen LogP contribution is -2.30. The predicted octanol–water partition coefficient (Wildman–Crippen LogP) is 0.651. The van der Waals surface area contributed by atoms with Gasteiger partial charge in [0.05, 0.1) is 12.6 Å². The normalized spacial score (nSPS) is 16.6. The van der Waals surface area contributed by atoms with Crippen molar-refractivity contribution in [1.82, 2.24) is 25.4 Å². The second-order valence-corrected chi connectivity index (χ2v) is 7.06. The first kappa shape index (κ1) is 17.6. The van der Waals surface area contributed by atoms with Gasteiger partial charge in [-0.05, 0) is 12.1 Å². The molecule has 3 N–H and O–H groups in total. The van der Waals surface area contributed by atoms with Crippen LogP contribution < -0.4 is 10.6 Å². The Balaban J connectivity index is 1.32. The maximum atomic E-state index is 12.3. The van der Waals surface area contributed by atoms with Gasteiger partial charge in [0.1, 0.15) is 11.2 Å². The summed E-state index contributed by atoms with van der Waals surface area (Å²) < 4.78 is 6.96. The van der Waals surface area contributed by atoms with Crippen LogP contribution >= 0.6 is 11.8 Å². The third kappa shape index (κ3) is 3.81. The van der Waals surface area contributed by atoms with Crippen molar-refractivity contribution in [3.8, 4) is 0 Å². The fourth-order valence-electron chi connectivity index (χ4n) is 2.72. The molecule has 2 amide bonds. The number of rotatable bonds is 5. The van der Waals surface area contributed by atoms with Gasteiger partial charge in [0.2, 0.25) is 0 Å². The van der Waals surface area contributed by atoms with Gasteiger partial charge in [-0.1, -0.05) is 23.9 Å². The highest BCUT2D eigenvalue weighted by Crippen LogP contribution is 2.22. The molecule has 27 heavy (non-hydrogen) atoms. The Hall–Kier alpha value is -2.85. The summed E-state index contributed by atoms with van der Waals surface area (Å²) in [7, 11) is 0. The maximum Gasteiger partial charge on any atom is 0.271 e. The number of fused-ring (bicyclic) bond motifs is 2. The lowest BCUT2D eigenvalue weighted by Gasteiger charge is -2.06. The van der Waals surface area contributed by atoms with Crippen LogP contribution in [0.3, 0.4) is 0 Å². The maximum absolute atomic E-state index is 12.3. The Bertz CT molecular complexity index is 965. The Kier molecular flexibility index (Phi) is 4.82. The van der Waals surface area contributed by atoms with Crippen molar-refractivity contribution in [2.24, 2.45) is 0 Å². The molecule has 1 aliphatic rings. The smallest absolute Gasteiger partial charge is 0.271 e. The van der Waals surface area contributed by atoms with Gasteiger partial charge in [0.25, 0.3) is 17.0 Å². The van der Waals surface area contributed by atoms with E-state index in [1.54, 1.807) is 0 Å². The summed E-state index contributed by atoms with van der Waals surface area (Å²) in [5.74, 6) is -0.161. The monoisotopic (exact) mass is 387 g/mol. The molecule has 0 unspecified atom stereocenters. The van der Waals surface area contributed by atoms with Crippen LogP contribution in [0.2, 0.25) is 0 Å². The van der Waals surface area contributed by atoms with Crippen LogP contribution in [0.5, 0.6) is 0 Å². The number of para-hydroxylation sites is 2. The van der Waals surface area contributed by atoms with Gasteiger partial charge in [0, 0.05) is 24.9 Å². The van der Waals surface area contributed by atoms with Crippen LogP contribution in [0.25, 0.3) is 11.1 Å². The number of aliphatic hydroxyl groups is 1. The Morgan fingerprint density at radius 3 is 3.15 bits per heavy atom. The van der Waals surface area contributed by atoms with E-state index in [9.17, 15) is 14.7 Å². The molecular formula is C17H17N5O4S. The summed E-state index contributed by atoms with van der Waals surface area (Å²) in [6.07, 6.45) is -0.737. The number of nitrogens with zero attached hydrogens (tertiary/aromatic N) is 3. The number of hydrogen-bond donors (Lipinski definition) is 3. The van der Waals surface area contributed by atoms with E-state index in [4.69, 9.17) is 4.42 Å². The van der Waals surface area contributed by atoms with E-state index in [2.05, 4.69) is 20.7 Å². The Morgan fingerprint density at radius 1 is 1.44 bits per heavy atom. The lowest BCUT2D eigenvalue weighted by atomic mass is 10.3. The number of β-amino-alcohol motifs (C(OH)–C–C–N with tert-alkyl or cyclic N) is 1. The predicted molar refractivity (Wildman–Crippen MR) is 97.6 cm³/mol. The van der Waals surface area contributed by atoms with Crippen LogP contribution in [-0.4, -0.2) is 56.6 Å². The zero-order chi connectivity index (χ0) is 18.8. The second kappa shape index (κ2) is 7.41. The molecule has 1 aliphatic heterocycles. The van der Waals surface area contributed by atoms with Crippen molar-refractivity contribution in [1.29, 1.82) is 0 Å². The summed E-state index contributed by atoms with van der Waals surface area (Å²) in [5.41, 5.74) is 1.92. The zero-order valence-electron chi connectivity index (χ0n) is 14.2. The molecule has 1 atom stereocenters. The molecule has 0 saturated carbocycles. The van der Waals surface area contributed by atoms with Gasteiger partial charge in [-0.25, -0.2) is 4.98 Å². The Labute approximate surface area is 158 Å². The molecule has 0 bridgehead atoms. The van der Waals surface area contributed by atoms with Crippen molar-refractivity contribution < 1.29 is 19.1 Å². The van der Waals surface area contributed by atoms with Crippen molar-refractivity contribution in [2.45, 2.75) is 17.9 Å². The summed E-state index contributed by atoms with van der Waals surface area (Å²) in [6.45, 7) is 0.713. The summed E-state index contributed by atoms with van der Waals surface area (Å²) in [5, 5.41) is 19.7. The van der Waals surface area contributed by atoms with E-state index in [1.807, 2.05) is 24.3 Å². The van der Waals surface area contributed by atoms with Crippen molar-refractivity contribution in [3.05, 3.63) is 41.7 Å². The molecule has 3 aromatic rings. The van der Waals surface area contributed by atoms with E-state index >= 15 is 0 Å². The molecular weight excluding hydrogens is 370 g/mol. The van der Waals surface area contributed by atoms with Crippen LogP contribution in [0, 0.1) is 0 Å². The van der Waals surface area contributed by atoms with Crippen molar-refractivity contribution in [3.63, 3.8) is 0 Å². The first-order valence-electron chi connectivity index (χ1n) is 8.41. The number of carbonyl (C=O) groups excluding carboxylic acids is 2. The van der Waals surface area contributed by atoms with Gasteiger partial charge in [0.15, 0.2) is 11.3 Å². The minimum absolute atomic E-state index is 0.140. The number of nitrogens with one attached hydrogen (secondary N) is 2. The highest BCUT2D eigenvalue weighted by Gasteiger charge is 2.24. The van der Waals surface area contributed by atoms with Gasteiger partial charge >= 0.3 is 0 Å². The highest BCUT2D eigenvalue weighted by molar-refractivity contribution is 7.99. The number of oxazole rings is 1. The van der Waals surface area contributed by atoms with E-state index in [0.717, 1.165) is 11.1 Å². The Morgan fingerprint density at radius 2 is 2.30 bits per heavy atom. The SMILES string of the molecule is O=C(NCCSc1nc2ccccc2o1)c1cc2n(n1)C[C@@H](O)CNC2=O. The van der Waals surface area contributed by atoms with Crippen LogP contribution in [0.1, 0.15) is 21.0 Å². The fourth-order valence-corrected chi connectivity index (χ4v) is 3.41. The average Bonchev–Trinajstić information content (AvgIpc) is 3.24. The molecule has 10 heteroatoms. The number of carbonyl (C=O) groups is 2. The fraction of sp³-hybridized carbons (Fsp3) is 0.294. The molecule has 4 rings (SSSR count). The minimum Gasteiger partial charge on any atom is -0.431 e. The van der Waals surface area contributed by atoms with Crippen LogP contribution in [0.4, 0.5) is 0 Å². The number of aliphatic hydroxyl groups excluding tert-OH is 1. The highest BCUT2D eigenvalue weighted by atomic mass is 32.2. The van der Waals surface area contributed by atoms with Crippen molar-refractivity contribution >= 4 is 34.7 Å². The lowest BCUT2D eigenvalue weighted by molar-refractivity contribution is 0.0931. The largest absolute Gasteiger partial charge is 0.431 e. The molecule has 9 nitrogen and oxygen atoms in total. The summed E-state index contributed by atoms with van der Waals surface area (Å²) in [4.78, 5) is 28.6. The molecule has 0 aliphatic carbocycles. The van der Waals surface area contributed by atoms with Gasteiger partial charge in [-0.15, -0.1) is 0 Å². The summed E-state index contributed by atoms with van der Waals surface area (Å²) >= 11 is 1.40. The van der Waals surface area contributed by atoms with Gasteiger partial charge < -0.3 is 20.2 Å². The molecule has 0 radical (unpaired) electrons. The molecule has 0 spiro atoms.